The van der Waals surface area contributed by atoms with E-state index >= 15 is 0 Å². The van der Waals surface area contributed by atoms with Gasteiger partial charge in [0.25, 0.3) is 0 Å². The number of para-hydroxylation sites is 1. The Morgan fingerprint density at radius 2 is 1.60 bits per heavy atom. The topological polar surface area (TPSA) is 25.2 Å². The van der Waals surface area contributed by atoms with E-state index < -0.39 is 0 Å². The van der Waals surface area contributed by atoms with Crippen molar-refractivity contribution in [1.82, 2.24) is 4.57 Å². The van der Waals surface area contributed by atoms with E-state index in [4.69, 9.17) is 0 Å². The van der Waals surface area contributed by atoms with Crippen molar-refractivity contribution >= 4 is 22.4 Å². The number of carbonyl (C=O) groups is 1. The highest BCUT2D eigenvalue weighted by Crippen LogP contribution is 2.37. The average Bonchev–Trinajstić information content (AvgIpc) is 3.35. The van der Waals surface area contributed by atoms with Crippen LogP contribution in [-0.4, -0.2) is 23.4 Å². The minimum absolute atomic E-state index is 0.0533. The Hall–Kier alpha value is -3.33. The number of rotatable bonds is 9. The van der Waals surface area contributed by atoms with Crippen molar-refractivity contribution in [3.05, 3.63) is 101 Å². The lowest BCUT2D eigenvalue weighted by Crippen LogP contribution is -2.29. The molecule has 0 bridgehead atoms. The lowest BCUT2D eigenvalue weighted by atomic mass is 9.85. The fourth-order valence-electron chi connectivity index (χ4n) is 7.15. The number of ketones is 1. The Bertz CT molecular complexity index is 1420. The second-order valence-electron chi connectivity index (χ2n) is 12.4. The number of nitrogens with zero attached hydrogens (tertiary/aromatic N) is 2. The molecule has 1 aliphatic carbocycles. The lowest BCUT2D eigenvalue weighted by Gasteiger charge is -2.28. The molecule has 3 aromatic carbocycles. The molecule has 0 radical (unpaired) electrons. The fraction of sp³-hybridized carbons (Fsp3) is 0.432. The maximum Gasteiger partial charge on any atom is 0.138 e. The number of hydrogen-bond acceptors (Lipinski definition) is 2. The van der Waals surface area contributed by atoms with Gasteiger partial charge in [0, 0.05) is 61.2 Å². The van der Waals surface area contributed by atoms with Crippen LogP contribution in [0.15, 0.2) is 79.0 Å². The SMILES string of the molecule is Cc1cccc(C(CC(=O)Cc2ccc(N3CCCCC3)cc2)c2cn(CC3CCCCC3)c3ccccc23)c1. The Labute approximate surface area is 240 Å². The molecule has 1 saturated heterocycles. The molecule has 1 aromatic heterocycles. The van der Waals surface area contributed by atoms with E-state index in [0.29, 0.717) is 18.6 Å². The van der Waals surface area contributed by atoms with Gasteiger partial charge >= 0.3 is 0 Å². The number of benzene rings is 3. The molecular weight excluding hydrogens is 488 g/mol. The van der Waals surface area contributed by atoms with Crippen LogP contribution in [0.25, 0.3) is 10.9 Å². The van der Waals surface area contributed by atoms with E-state index in [-0.39, 0.29) is 5.92 Å². The number of aromatic nitrogens is 1. The number of Topliss-reactive ketones (excluding diaryl/α,β-unsaturated/α-hetero) is 1. The highest BCUT2D eigenvalue weighted by molar-refractivity contribution is 5.87. The third-order valence-corrected chi connectivity index (χ3v) is 9.31. The third kappa shape index (κ3) is 6.19. The van der Waals surface area contributed by atoms with Crippen LogP contribution in [0.3, 0.4) is 0 Å². The Morgan fingerprint density at radius 1 is 0.850 bits per heavy atom. The summed E-state index contributed by atoms with van der Waals surface area (Å²) >= 11 is 0. The van der Waals surface area contributed by atoms with Gasteiger partial charge in [-0.25, -0.2) is 0 Å². The maximum absolute atomic E-state index is 13.7. The van der Waals surface area contributed by atoms with Crippen LogP contribution in [0, 0.1) is 12.8 Å². The predicted molar refractivity (Wildman–Crippen MR) is 167 cm³/mol. The summed E-state index contributed by atoms with van der Waals surface area (Å²) in [6, 6.07) is 26.4. The molecule has 2 fully saturated rings. The predicted octanol–water partition coefficient (Wildman–Crippen LogP) is 8.85. The van der Waals surface area contributed by atoms with Crippen molar-refractivity contribution in [2.75, 3.05) is 18.0 Å². The van der Waals surface area contributed by atoms with Gasteiger partial charge in [-0.1, -0.05) is 79.4 Å². The quantitative estimate of drug-likeness (QED) is 0.215. The first kappa shape index (κ1) is 26.9. The van der Waals surface area contributed by atoms with Crippen molar-refractivity contribution in [3.63, 3.8) is 0 Å². The second kappa shape index (κ2) is 12.5. The van der Waals surface area contributed by atoms with Crippen LogP contribution >= 0.6 is 0 Å². The van der Waals surface area contributed by atoms with E-state index in [1.807, 2.05) is 0 Å². The minimum atomic E-state index is 0.0533. The largest absolute Gasteiger partial charge is 0.372 e. The fourth-order valence-corrected chi connectivity index (χ4v) is 7.15. The van der Waals surface area contributed by atoms with Gasteiger partial charge in [0.15, 0.2) is 0 Å². The number of aryl methyl sites for hydroxylation is 1. The van der Waals surface area contributed by atoms with E-state index in [1.54, 1.807) is 0 Å². The summed E-state index contributed by atoms with van der Waals surface area (Å²) in [6.45, 7) is 5.52. The molecule has 3 heteroatoms. The maximum atomic E-state index is 13.7. The monoisotopic (exact) mass is 532 g/mol. The van der Waals surface area contributed by atoms with Crippen LogP contribution < -0.4 is 4.90 Å². The Balaban J connectivity index is 1.26. The summed E-state index contributed by atoms with van der Waals surface area (Å²) in [5, 5.41) is 1.29. The normalized spacial score (nSPS) is 17.3. The first-order valence-electron chi connectivity index (χ1n) is 15.6. The zero-order valence-electron chi connectivity index (χ0n) is 24.2. The summed E-state index contributed by atoms with van der Waals surface area (Å²) in [4.78, 5) is 16.2. The molecule has 40 heavy (non-hydrogen) atoms. The average molecular weight is 533 g/mol. The molecule has 2 aliphatic rings. The van der Waals surface area contributed by atoms with Crippen LogP contribution in [0.2, 0.25) is 0 Å². The summed E-state index contributed by atoms with van der Waals surface area (Å²) in [6.07, 6.45) is 14.0. The van der Waals surface area contributed by atoms with Crippen molar-refractivity contribution in [2.24, 2.45) is 5.92 Å². The number of anilines is 1. The molecule has 0 N–H and O–H groups in total. The first-order chi connectivity index (χ1) is 19.6. The molecule has 208 valence electrons. The molecule has 1 saturated carbocycles. The van der Waals surface area contributed by atoms with Crippen molar-refractivity contribution in [3.8, 4) is 0 Å². The second-order valence-corrected chi connectivity index (χ2v) is 12.4. The molecule has 1 aliphatic heterocycles. The van der Waals surface area contributed by atoms with E-state index in [0.717, 1.165) is 31.1 Å². The van der Waals surface area contributed by atoms with E-state index in [2.05, 4.69) is 95.4 Å². The molecule has 4 aromatic rings. The summed E-state index contributed by atoms with van der Waals surface area (Å²) in [5.74, 6) is 1.11. The van der Waals surface area contributed by atoms with Gasteiger partial charge < -0.3 is 9.47 Å². The van der Waals surface area contributed by atoms with Crippen LogP contribution in [0.1, 0.15) is 86.0 Å². The van der Waals surface area contributed by atoms with Gasteiger partial charge in [0.05, 0.1) is 0 Å². The smallest absolute Gasteiger partial charge is 0.138 e. The summed E-state index contributed by atoms with van der Waals surface area (Å²) in [5.41, 5.74) is 7.50. The van der Waals surface area contributed by atoms with Gasteiger partial charge in [0.2, 0.25) is 0 Å². The van der Waals surface area contributed by atoms with Gasteiger partial charge in [-0.15, -0.1) is 0 Å². The van der Waals surface area contributed by atoms with Crippen LogP contribution in [0.5, 0.6) is 0 Å². The summed E-state index contributed by atoms with van der Waals surface area (Å²) < 4.78 is 2.49. The highest BCUT2D eigenvalue weighted by Gasteiger charge is 2.24. The third-order valence-electron chi connectivity index (χ3n) is 9.31. The molecular formula is C37H44N2O. The highest BCUT2D eigenvalue weighted by atomic mass is 16.1. The van der Waals surface area contributed by atoms with Crippen molar-refractivity contribution in [1.29, 1.82) is 0 Å². The lowest BCUT2D eigenvalue weighted by molar-refractivity contribution is -0.118. The zero-order valence-corrected chi connectivity index (χ0v) is 24.2. The molecule has 3 nitrogen and oxygen atoms in total. The minimum Gasteiger partial charge on any atom is -0.372 e. The Kier molecular flexibility index (Phi) is 8.37. The first-order valence-corrected chi connectivity index (χ1v) is 15.6. The van der Waals surface area contributed by atoms with E-state index in [9.17, 15) is 4.79 Å². The van der Waals surface area contributed by atoms with Gasteiger partial charge in [-0.05, 0) is 79.8 Å². The molecule has 2 heterocycles. The zero-order chi connectivity index (χ0) is 27.3. The van der Waals surface area contributed by atoms with Crippen LogP contribution in [0.4, 0.5) is 5.69 Å². The molecule has 6 rings (SSSR count). The van der Waals surface area contributed by atoms with Crippen molar-refractivity contribution < 1.29 is 4.79 Å². The number of carbonyl (C=O) groups excluding carboxylic acids is 1. The standard InChI is InChI=1S/C37H44N2O/c1-28-11-10-14-31(23-28)35(25-33(40)24-29-17-19-32(20-18-29)38-21-8-3-9-22-38)36-27-39(26-30-12-4-2-5-13-30)37-16-7-6-15-34(36)37/h6-7,10-11,14-20,23,27,30,35H,2-5,8-9,12-13,21-22,24-26H2,1H3. The van der Waals surface area contributed by atoms with Gasteiger partial charge in [-0.3, -0.25) is 4.79 Å². The Morgan fingerprint density at radius 3 is 2.38 bits per heavy atom. The number of hydrogen-bond donors (Lipinski definition) is 0. The molecule has 0 spiro atoms. The molecule has 1 atom stereocenters. The van der Waals surface area contributed by atoms with Crippen LogP contribution in [-0.2, 0) is 17.8 Å². The van der Waals surface area contributed by atoms with Crippen molar-refractivity contribution in [2.45, 2.75) is 83.6 Å². The summed E-state index contributed by atoms with van der Waals surface area (Å²) in [7, 11) is 0. The number of fused-ring (bicyclic) bond motifs is 1. The number of piperidine rings is 1. The van der Waals surface area contributed by atoms with Gasteiger partial charge in [0.1, 0.15) is 5.78 Å². The molecule has 1 unspecified atom stereocenters. The van der Waals surface area contributed by atoms with E-state index in [1.165, 1.54) is 84.6 Å². The van der Waals surface area contributed by atoms with Gasteiger partial charge in [-0.2, -0.15) is 0 Å². The molecule has 0 amide bonds.